The summed E-state index contributed by atoms with van der Waals surface area (Å²) in [5.41, 5.74) is 3.55. The lowest BCUT2D eigenvalue weighted by molar-refractivity contribution is -0.121. The monoisotopic (exact) mass is 364 g/mol. The summed E-state index contributed by atoms with van der Waals surface area (Å²) < 4.78 is 0. The molecular weight excluding hydrogens is 340 g/mol. The van der Waals surface area contributed by atoms with Crippen LogP contribution in [0.15, 0.2) is 66.3 Å². The summed E-state index contributed by atoms with van der Waals surface area (Å²) in [5, 5.41) is 5.26. The topological polar surface area (TPSA) is 42.0 Å². The summed E-state index contributed by atoms with van der Waals surface area (Å²) in [6.07, 6.45) is 6.95. The van der Waals surface area contributed by atoms with Crippen LogP contribution in [0.1, 0.15) is 47.4 Å². The number of rotatable bonds is 8. The maximum atomic E-state index is 12.5. The molecule has 1 aromatic carbocycles. The van der Waals surface area contributed by atoms with Crippen molar-refractivity contribution < 1.29 is 4.79 Å². The zero-order chi connectivity index (χ0) is 18.2. The molecule has 26 heavy (non-hydrogen) atoms. The number of nitrogens with one attached hydrogen (secondary N) is 1. The van der Waals surface area contributed by atoms with Gasteiger partial charge in [0, 0.05) is 23.7 Å². The fourth-order valence-electron chi connectivity index (χ4n) is 2.98. The highest BCUT2D eigenvalue weighted by molar-refractivity contribution is 7.10. The standard InChI is InChI=1S/C22H24N2OS/c1-2-5-17-8-11-19(12-9-17)22(20-7-4-15-26-20)24-21(25)13-10-18-6-3-14-23-16-18/h3-4,6-9,11-12,14-16,22H,2,5,10,13H2,1H3,(H,24,25). The fourth-order valence-corrected chi connectivity index (χ4v) is 3.78. The van der Waals surface area contributed by atoms with Crippen LogP contribution in [-0.2, 0) is 17.6 Å². The van der Waals surface area contributed by atoms with Crippen LogP contribution in [0.5, 0.6) is 0 Å². The van der Waals surface area contributed by atoms with Gasteiger partial charge >= 0.3 is 0 Å². The van der Waals surface area contributed by atoms with Gasteiger partial charge in [-0.1, -0.05) is 49.7 Å². The molecule has 0 aliphatic heterocycles. The Morgan fingerprint density at radius 1 is 1.08 bits per heavy atom. The SMILES string of the molecule is CCCc1ccc(C(NC(=O)CCc2cccnc2)c2cccs2)cc1. The first kappa shape index (κ1) is 18.3. The normalized spacial score (nSPS) is 11.9. The van der Waals surface area contributed by atoms with Crippen molar-refractivity contribution in [2.24, 2.45) is 0 Å². The number of aryl methyl sites for hydroxylation is 2. The Morgan fingerprint density at radius 3 is 2.58 bits per heavy atom. The van der Waals surface area contributed by atoms with Crippen LogP contribution >= 0.6 is 11.3 Å². The van der Waals surface area contributed by atoms with Gasteiger partial charge in [-0.2, -0.15) is 0 Å². The van der Waals surface area contributed by atoms with Crippen LogP contribution in [0.25, 0.3) is 0 Å². The Balaban J connectivity index is 1.69. The lowest BCUT2D eigenvalue weighted by Gasteiger charge is -2.18. The molecule has 1 N–H and O–H groups in total. The summed E-state index contributed by atoms with van der Waals surface area (Å²) >= 11 is 1.67. The lowest BCUT2D eigenvalue weighted by Crippen LogP contribution is -2.29. The average Bonchev–Trinajstić information content (AvgIpc) is 3.21. The van der Waals surface area contributed by atoms with Crippen LogP contribution in [-0.4, -0.2) is 10.9 Å². The van der Waals surface area contributed by atoms with Crippen molar-refractivity contribution in [1.82, 2.24) is 10.3 Å². The fraction of sp³-hybridized carbons (Fsp3) is 0.273. The summed E-state index contributed by atoms with van der Waals surface area (Å²) in [7, 11) is 0. The first-order valence-electron chi connectivity index (χ1n) is 9.06. The molecule has 0 aliphatic rings. The predicted molar refractivity (Wildman–Crippen MR) is 107 cm³/mol. The maximum absolute atomic E-state index is 12.5. The van der Waals surface area contributed by atoms with Gasteiger partial charge in [0.05, 0.1) is 6.04 Å². The van der Waals surface area contributed by atoms with E-state index in [1.54, 1.807) is 17.5 Å². The molecule has 1 unspecified atom stereocenters. The molecule has 1 amide bonds. The van der Waals surface area contributed by atoms with Crippen molar-refractivity contribution in [1.29, 1.82) is 0 Å². The molecule has 0 fully saturated rings. The van der Waals surface area contributed by atoms with E-state index in [1.165, 1.54) is 5.56 Å². The van der Waals surface area contributed by atoms with E-state index in [1.807, 2.05) is 24.4 Å². The van der Waals surface area contributed by atoms with E-state index in [0.29, 0.717) is 12.8 Å². The van der Waals surface area contributed by atoms with E-state index >= 15 is 0 Å². The summed E-state index contributed by atoms with van der Waals surface area (Å²) in [6, 6.07) is 16.5. The number of carbonyl (C=O) groups excluding carboxylic acids is 1. The molecule has 1 atom stereocenters. The van der Waals surface area contributed by atoms with E-state index in [-0.39, 0.29) is 11.9 Å². The van der Waals surface area contributed by atoms with E-state index in [2.05, 4.69) is 52.9 Å². The van der Waals surface area contributed by atoms with Gasteiger partial charge in [0.25, 0.3) is 0 Å². The van der Waals surface area contributed by atoms with Crippen LogP contribution in [0.2, 0.25) is 0 Å². The molecule has 0 saturated carbocycles. The lowest BCUT2D eigenvalue weighted by atomic mass is 10.0. The second-order valence-electron chi connectivity index (χ2n) is 6.37. The average molecular weight is 365 g/mol. The number of aromatic nitrogens is 1. The van der Waals surface area contributed by atoms with Crippen molar-refractivity contribution in [2.75, 3.05) is 0 Å². The number of benzene rings is 1. The number of amides is 1. The van der Waals surface area contributed by atoms with Gasteiger partial charge in [-0.15, -0.1) is 11.3 Å². The molecule has 0 radical (unpaired) electrons. The zero-order valence-electron chi connectivity index (χ0n) is 15.0. The van der Waals surface area contributed by atoms with E-state index in [9.17, 15) is 4.79 Å². The second-order valence-corrected chi connectivity index (χ2v) is 7.35. The minimum atomic E-state index is -0.0907. The Labute approximate surface area is 159 Å². The Hall–Kier alpha value is -2.46. The van der Waals surface area contributed by atoms with E-state index in [0.717, 1.165) is 28.8 Å². The molecule has 0 bridgehead atoms. The molecule has 134 valence electrons. The molecular formula is C22H24N2OS. The van der Waals surface area contributed by atoms with E-state index in [4.69, 9.17) is 0 Å². The Bertz CT molecular complexity index is 798. The first-order chi connectivity index (χ1) is 12.8. The molecule has 0 saturated heterocycles. The molecule has 0 spiro atoms. The largest absolute Gasteiger partial charge is 0.344 e. The Kier molecular flexibility index (Phi) is 6.56. The highest BCUT2D eigenvalue weighted by Crippen LogP contribution is 2.26. The molecule has 3 nitrogen and oxygen atoms in total. The number of hydrogen-bond acceptors (Lipinski definition) is 3. The maximum Gasteiger partial charge on any atom is 0.221 e. The van der Waals surface area contributed by atoms with E-state index < -0.39 is 0 Å². The third kappa shape index (κ3) is 5.02. The molecule has 0 aliphatic carbocycles. The number of carbonyl (C=O) groups is 1. The zero-order valence-corrected chi connectivity index (χ0v) is 15.8. The second kappa shape index (κ2) is 9.30. The number of nitrogens with zero attached hydrogens (tertiary/aromatic N) is 1. The summed E-state index contributed by atoms with van der Waals surface area (Å²) in [4.78, 5) is 17.8. The van der Waals surface area contributed by atoms with Crippen LogP contribution in [0, 0.1) is 0 Å². The number of pyridine rings is 1. The van der Waals surface area contributed by atoms with Gasteiger partial charge in [0.2, 0.25) is 5.91 Å². The molecule has 2 heterocycles. The highest BCUT2D eigenvalue weighted by Gasteiger charge is 2.17. The first-order valence-corrected chi connectivity index (χ1v) is 9.94. The molecule has 3 aromatic rings. The third-order valence-electron chi connectivity index (χ3n) is 4.35. The smallest absolute Gasteiger partial charge is 0.221 e. The van der Waals surface area contributed by atoms with Crippen molar-refractivity contribution >= 4 is 17.2 Å². The quantitative estimate of drug-likeness (QED) is 0.615. The van der Waals surface area contributed by atoms with Gasteiger partial charge < -0.3 is 5.32 Å². The van der Waals surface area contributed by atoms with Gasteiger partial charge in [0.15, 0.2) is 0 Å². The van der Waals surface area contributed by atoms with Gasteiger partial charge in [-0.3, -0.25) is 9.78 Å². The van der Waals surface area contributed by atoms with Crippen molar-refractivity contribution in [3.8, 4) is 0 Å². The van der Waals surface area contributed by atoms with Crippen LogP contribution in [0.3, 0.4) is 0 Å². The molecule has 4 heteroatoms. The molecule has 2 aromatic heterocycles. The number of thiophene rings is 1. The summed E-state index contributed by atoms with van der Waals surface area (Å²) in [6.45, 7) is 2.19. The van der Waals surface area contributed by atoms with Crippen LogP contribution in [0.4, 0.5) is 0 Å². The van der Waals surface area contributed by atoms with Gasteiger partial charge in [-0.25, -0.2) is 0 Å². The minimum absolute atomic E-state index is 0.0601. The van der Waals surface area contributed by atoms with Gasteiger partial charge in [0.1, 0.15) is 0 Å². The van der Waals surface area contributed by atoms with Crippen molar-refractivity contribution in [2.45, 2.75) is 38.6 Å². The third-order valence-corrected chi connectivity index (χ3v) is 5.29. The van der Waals surface area contributed by atoms with Crippen LogP contribution < -0.4 is 5.32 Å². The number of hydrogen-bond donors (Lipinski definition) is 1. The van der Waals surface area contributed by atoms with Crippen molar-refractivity contribution in [3.63, 3.8) is 0 Å². The summed E-state index contributed by atoms with van der Waals surface area (Å²) in [5.74, 6) is 0.0601. The Morgan fingerprint density at radius 2 is 1.92 bits per heavy atom. The van der Waals surface area contributed by atoms with Crippen molar-refractivity contribution in [3.05, 3.63) is 87.9 Å². The highest BCUT2D eigenvalue weighted by atomic mass is 32.1. The van der Waals surface area contributed by atoms with Gasteiger partial charge in [-0.05, 0) is 47.0 Å². The molecule has 3 rings (SSSR count). The predicted octanol–water partition coefficient (Wildman–Crippen LogP) is 4.93. The minimum Gasteiger partial charge on any atom is -0.344 e.